The molecule has 1 saturated carbocycles. The lowest BCUT2D eigenvalue weighted by Crippen LogP contribution is -2.43. The molecule has 0 amide bonds. The van der Waals surface area contributed by atoms with Crippen molar-refractivity contribution in [3.8, 4) is 0 Å². The van der Waals surface area contributed by atoms with Crippen molar-refractivity contribution in [2.45, 2.75) is 55.2 Å². The van der Waals surface area contributed by atoms with E-state index in [0.717, 1.165) is 32.2 Å². The third-order valence-electron chi connectivity index (χ3n) is 4.02. The fourth-order valence-electron chi connectivity index (χ4n) is 3.00. The van der Waals surface area contributed by atoms with Crippen LogP contribution in [0, 0.1) is 0 Å². The van der Waals surface area contributed by atoms with Crippen molar-refractivity contribution in [1.29, 1.82) is 0 Å². The summed E-state index contributed by atoms with van der Waals surface area (Å²) < 4.78 is 26.0. The zero-order valence-electron chi connectivity index (χ0n) is 12.1. The van der Waals surface area contributed by atoms with Gasteiger partial charge < -0.3 is 5.32 Å². The lowest BCUT2D eigenvalue weighted by molar-refractivity contribution is 0.460. The first-order valence-electron chi connectivity index (χ1n) is 7.39. The number of hydrogen-bond donors (Lipinski definition) is 1. The number of nitrogens with one attached hydrogen (secondary N) is 1. The normalized spacial score (nSPS) is 23.8. The molecule has 0 heterocycles. The largest absolute Gasteiger partial charge is 0.313 e. The summed E-state index contributed by atoms with van der Waals surface area (Å²) >= 11 is 12.1. The van der Waals surface area contributed by atoms with Gasteiger partial charge in [0.25, 0.3) is 0 Å². The molecule has 0 bridgehead atoms. The van der Waals surface area contributed by atoms with Gasteiger partial charge in [-0.25, -0.2) is 8.42 Å². The summed E-state index contributed by atoms with van der Waals surface area (Å²) in [6, 6.07) is 4.61. The van der Waals surface area contributed by atoms with Crippen LogP contribution < -0.4 is 5.32 Å². The van der Waals surface area contributed by atoms with E-state index in [1.807, 2.05) is 6.92 Å². The maximum Gasteiger partial charge on any atom is 0.184 e. The average Bonchev–Trinajstić information content (AvgIpc) is 2.68. The van der Waals surface area contributed by atoms with Crippen molar-refractivity contribution in [2.24, 2.45) is 0 Å². The molecule has 2 unspecified atom stereocenters. The lowest BCUT2D eigenvalue weighted by Gasteiger charge is -2.26. The maximum atomic E-state index is 13.0. The summed E-state index contributed by atoms with van der Waals surface area (Å²) in [7, 11) is -3.49. The monoisotopic (exact) mass is 349 g/mol. The second kappa shape index (κ2) is 7.32. The number of benzene rings is 1. The Balaban J connectivity index is 2.41. The fraction of sp³-hybridized carbons (Fsp3) is 0.600. The first-order chi connectivity index (χ1) is 9.96. The first kappa shape index (κ1) is 17.1. The second-order valence-corrected chi connectivity index (χ2v) is 8.44. The molecule has 21 heavy (non-hydrogen) atoms. The number of rotatable bonds is 4. The highest BCUT2D eigenvalue weighted by Crippen LogP contribution is 2.33. The van der Waals surface area contributed by atoms with Crippen molar-refractivity contribution in [3.05, 3.63) is 28.2 Å². The van der Waals surface area contributed by atoms with Gasteiger partial charge >= 0.3 is 0 Å². The van der Waals surface area contributed by atoms with Crippen molar-refractivity contribution in [2.75, 3.05) is 6.54 Å². The van der Waals surface area contributed by atoms with Crippen LogP contribution >= 0.6 is 23.2 Å². The van der Waals surface area contributed by atoms with E-state index >= 15 is 0 Å². The topological polar surface area (TPSA) is 46.2 Å². The van der Waals surface area contributed by atoms with Gasteiger partial charge in [-0.3, -0.25) is 0 Å². The predicted molar refractivity (Wildman–Crippen MR) is 88.0 cm³/mol. The lowest BCUT2D eigenvalue weighted by atomic mass is 10.1. The molecule has 0 aromatic heterocycles. The molecular weight excluding hydrogens is 329 g/mol. The SMILES string of the molecule is CCNC1CCCCCC1S(=O)(=O)c1cc(Cl)ccc1Cl. The van der Waals surface area contributed by atoms with Crippen LogP contribution in [0.15, 0.2) is 23.1 Å². The van der Waals surface area contributed by atoms with Crippen LogP contribution in [0.1, 0.15) is 39.0 Å². The minimum atomic E-state index is -3.49. The molecule has 0 aliphatic heterocycles. The quantitative estimate of drug-likeness (QED) is 0.833. The Kier molecular flexibility index (Phi) is 5.95. The van der Waals surface area contributed by atoms with Crippen molar-refractivity contribution in [1.82, 2.24) is 5.32 Å². The first-order valence-corrected chi connectivity index (χ1v) is 9.69. The molecule has 2 rings (SSSR count). The number of hydrogen-bond acceptors (Lipinski definition) is 3. The molecule has 0 saturated heterocycles. The Morgan fingerprint density at radius 2 is 1.90 bits per heavy atom. The molecule has 1 aliphatic rings. The van der Waals surface area contributed by atoms with Gasteiger partial charge in [0.05, 0.1) is 15.2 Å². The summed E-state index contributed by atoms with van der Waals surface area (Å²) in [5.74, 6) is 0. The van der Waals surface area contributed by atoms with E-state index in [2.05, 4.69) is 5.32 Å². The molecule has 1 fully saturated rings. The van der Waals surface area contributed by atoms with E-state index in [-0.39, 0.29) is 16.0 Å². The third-order valence-corrected chi connectivity index (χ3v) is 7.01. The van der Waals surface area contributed by atoms with Gasteiger partial charge in [-0.05, 0) is 37.6 Å². The van der Waals surface area contributed by atoms with E-state index in [1.165, 1.54) is 6.07 Å². The van der Waals surface area contributed by atoms with E-state index < -0.39 is 15.1 Å². The van der Waals surface area contributed by atoms with Gasteiger partial charge in [-0.1, -0.05) is 49.4 Å². The van der Waals surface area contributed by atoms with Crippen molar-refractivity contribution in [3.63, 3.8) is 0 Å². The minimum absolute atomic E-state index is 0.0162. The second-order valence-electron chi connectivity index (χ2n) is 5.46. The summed E-state index contributed by atoms with van der Waals surface area (Å²) in [5.41, 5.74) is 0. The summed E-state index contributed by atoms with van der Waals surface area (Å²) in [6.45, 7) is 2.76. The van der Waals surface area contributed by atoms with Crippen LogP contribution in [0.5, 0.6) is 0 Å². The summed E-state index contributed by atoms with van der Waals surface area (Å²) in [5, 5.41) is 3.54. The van der Waals surface area contributed by atoms with Crippen molar-refractivity contribution >= 4 is 33.0 Å². The van der Waals surface area contributed by atoms with Gasteiger partial charge in [-0.2, -0.15) is 0 Å². The van der Waals surface area contributed by atoms with Crippen LogP contribution in [0.4, 0.5) is 0 Å². The minimum Gasteiger partial charge on any atom is -0.313 e. The predicted octanol–water partition coefficient (Wildman–Crippen LogP) is 4.08. The molecule has 118 valence electrons. The smallest absolute Gasteiger partial charge is 0.184 e. The number of halogens is 2. The number of sulfone groups is 1. The van der Waals surface area contributed by atoms with Crippen LogP contribution in [0.2, 0.25) is 10.0 Å². The standard InChI is InChI=1S/C15H21Cl2NO2S/c1-2-18-13-6-4-3-5-7-14(13)21(19,20)15-10-11(16)8-9-12(15)17/h8-10,13-14,18H,2-7H2,1H3. The molecule has 0 radical (unpaired) electrons. The summed E-state index contributed by atoms with van der Waals surface area (Å²) in [4.78, 5) is 0.159. The zero-order valence-corrected chi connectivity index (χ0v) is 14.4. The molecule has 6 heteroatoms. The van der Waals surface area contributed by atoms with Gasteiger partial charge in [-0.15, -0.1) is 0 Å². The average molecular weight is 350 g/mol. The molecular formula is C15H21Cl2NO2S. The molecule has 1 aromatic rings. The van der Waals surface area contributed by atoms with E-state index in [0.29, 0.717) is 11.4 Å². The van der Waals surface area contributed by atoms with Gasteiger partial charge in [0.15, 0.2) is 9.84 Å². The highest BCUT2D eigenvalue weighted by atomic mass is 35.5. The Bertz CT molecular complexity index is 589. The molecule has 1 aromatic carbocycles. The Morgan fingerprint density at radius 1 is 1.19 bits per heavy atom. The zero-order chi connectivity index (χ0) is 15.5. The van der Waals surface area contributed by atoms with Gasteiger partial charge in [0.2, 0.25) is 0 Å². The van der Waals surface area contributed by atoms with Crippen LogP contribution in [-0.2, 0) is 9.84 Å². The fourth-order valence-corrected chi connectivity index (χ4v) is 5.78. The van der Waals surface area contributed by atoms with Crippen molar-refractivity contribution < 1.29 is 8.42 Å². The van der Waals surface area contributed by atoms with E-state index in [4.69, 9.17) is 23.2 Å². The van der Waals surface area contributed by atoms with E-state index in [1.54, 1.807) is 12.1 Å². The summed E-state index contributed by atoms with van der Waals surface area (Å²) in [6.07, 6.45) is 4.63. The molecule has 2 atom stereocenters. The van der Waals surface area contributed by atoms with Crippen LogP contribution in [0.25, 0.3) is 0 Å². The highest BCUT2D eigenvalue weighted by molar-refractivity contribution is 7.92. The van der Waals surface area contributed by atoms with Crippen LogP contribution in [-0.4, -0.2) is 26.3 Å². The molecule has 3 nitrogen and oxygen atoms in total. The maximum absolute atomic E-state index is 13.0. The highest BCUT2D eigenvalue weighted by Gasteiger charge is 2.36. The van der Waals surface area contributed by atoms with Gasteiger partial charge in [0, 0.05) is 11.1 Å². The third kappa shape index (κ3) is 3.92. The Labute approximate surface area is 136 Å². The van der Waals surface area contributed by atoms with Crippen LogP contribution in [0.3, 0.4) is 0 Å². The molecule has 0 spiro atoms. The Hall–Kier alpha value is -0.290. The van der Waals surface area contributed by atoms with E-state index in [9.17, 15) is 8.42 Å². The molecule has 1 aliphatic carbocycles. The van der Waals surface area contributed by atoms with Gasteiger partial charge in [0.1, 0.15) is 0 Å². The molecule has 1 N–H and O–H groups in total. The Morgan fingerprint density at radius 3 is 2.62 bits per heavy atom.